The summed E-state index contributed by atoms with van der Waals surface area (Å²) in [5.74, 6) is -1.62. The molecule has 14 heteroatoms. The predicted molar refractivity (Wildman–Crippen MR) is 92.6 cm³/mol. The summed E-state index contributed by atoms with van der Waals surface area (Å²) in [7, 11) is -3.88. The number of aromatic nitrogens is 4. The van der Waals surface area contributed by atoms with Crippen molar-refractivity contribution in [2.45, 2.75) is 27.0 Å². The average Bonchev–Trinajstić information content (AvgIpc) is 3.04. The van der Waals surface area contributed by atoms with Crippen LogP contribution in [0.4, 0.5) is 20.4 Å². The van der Waals surface area contributed by atoms with E-state index in [2.05, 4.69) is 25.6 Å². The van der Waals surface area contributed by atoms with Crippen molar-refractivity contribution in [3.8, 4) is 5.75 Å². The Bertz CT molecular complexity index is 937. The van der Waals surface area contributed by atoms with Crippen molar-refractivity contribution in [1.29, 1.82) is 0 Å². The third-order valence-corrected chi connectivity index (χ3v) is 4.93. The van der Waals surface area contributed by atoms with E-state index in [1.807, 2.05) is 4.72 Å². The van der Waals surface area contributed by atoms with Crippen LogP contribution >= 0.6 is 11.6 Å². The maximum atomic E-state index is 12.6. The number of hydrogen-bond acceptors (Lipinski definition) is 7. The molecule has 0 aliphatic heterocycles. The van der Waals surface area contributed by atoms with Gasteiger partial charge in [-0.3, -0.25) is 14.8 Å². The van der Waals surface area contributed by atoms with Gasteiger partial charge in [0, 0.05) is 6.54 Å². The van der Waals surface area contributed by atoms with Crippen molar-refractivity contribution in [2.75, 3.05) is 15.8 Å². The molecule has 0 radical (unpaired) electrons. The van der Waals surface area contributed by atoms with Crippen molar-refractivity contribution in [2.24, 2.45) is 0 Å². The fourth-order valence-electron chi connectivity index (χ4n) is 1.93. The predicted octanol–water partition coefficient (Wildman–Crippen LogP) is 1.96. The third-order valence-electron chi connectivity index (χ3n) is 3.26. The molecule has 1 heterocycles. The standard InChI is InChI=1S/C13H15ClF2N6O4S/c1-3-22-13(18-20-21-22)17-11(23)7-5-6-8(26-12(15)16)10(9(7)14)19-27(24,25)4-2/h5-6,12,19H,3-4H2,1-2H3,(H,17,18,21,23). The number of carbonyl (C=O) groups is 1. The minimum Gasteiger partial charge on any atom is -0.433 e. The number of nitrogens with one attached hydrogen (secondary N) is 2. The normalized spacial score (nSPS) is 11.5. The first-order chi connectivity index (χ1) is 12.7. The second kappa shape index (κ2) is 8.43. The highest BCUT2D eigenvalue weighted by molar-refractivity contribution is 7.92. The molecule has 148 valence electrons. The number of aryl methyl sites for hydroxylation is 1. The Morgan fingerprint density at radius 3 is 2.67 bits per heavy atom. The van der Waals surface area contributed by atoms with Crippen molar-refractivity contribution in [3.63, 3.8) is 0 Å². The third kappa shape index (κ3) is 5.01. The largest absolute Gasteiger partial charge is 0.433 e. The van der Waals surface area contributed by atoms with E-state index in [1.165, 1.54) is 11.6 Å². The van der Waals surface area contributed by atoms with Gasteiger partial charge in [-0.05, 0) is 36.4 Å². The lowest BCUT2D eigenvalue weighted by Gasteiger charge is -2.16. The number of benzene rings is 1. The molecule has 27 heavy (non-hydrogen) atoms. The van der Waals surface area contributed by atoms with Gasteiger partial charge < -0.3 is 4.74 Å². The van der Waals surface area contributed by atoms with Gasteiger partial charge in [0.1, 0.15) is 5.69 Å². The monoisotopic (exact) mass is 424 g/mol. The van der Waals surface area contributed by atoms with Gasteiger partial charge in [-0.25, -0.2) is 13.1 Å². The molecule has 2 rings (SSSR count). The maximum absolute atomic E-state index is 12.6. The molecule has 0 atom stereocenters. The quantitative estimate of drug-likeness (QED) is 0.662. The summed E-state index contributed by atoms with van der Waals surface area (Å²) in [6.45, 7) is 0.233. The van der Waals surface area contributed by atoms with Crippen LogP contribution in [-0.2, 0) is 16.6 Å². The molecule has 1 aromatic heterocycles. The number of nitrogens with zero attached hydrogens (tertiary/aromatic N) is 4. The zero-order chi connectivity index (χ0) is 20.2. The molecule has 2 N–H and O–H groups in total. The fourth-order valence-corrected chi connectivity index (χ4v) is 2.93. The summed E-state index contributed by atoms with van der Waals surface area (Å²) >= 11 is 6.10. The summed E-state index contributed by atoms with van der Waals surface area (Å²) < 4.78 is 56.5. The number of tetrazole rings is 1. The van der Waals surface area contributed by atoms with Gasteiger partial charge in [0.05, 0.1) is 16.3 Å². The number of hydrogen-bond donors (Lipinski definition) is 2. The molecule has 1 amide bonds. The van der Waals surface area contributed by atoms with Gasteiger partial charge >= 0.3 is 6.61 Å². The number of halogens is 3. The molecule has 2 aromatic rings. The summed E-state index contributed by atoms with van der Waals surface area (Å²) in [5.41, 5.74) is -0.667. The van der Waals surface area contributed by atoms with Crippen molar-refractivity contribution in [3.05, 3.63) is 22.7 Å². The van der Waals surface area contributed by atoms with Crippen LogP contribution in [0.2, 0.25) is 5.02 Å². The van der Waals surface area contributed by atoms with Crippen LogP contribution in [0.25, 0.3) is 0 Å². The van der Waals surface area contributed by atoms with E-state index in [0.717, 1.165) is 12.1 Å². The van der Waals surface area contributed by atoms with Gasteiger partial charge in [-0.1, -0.05) is 16.7 Å². The van der Waals surface area contributed by atoms with E-state index in [-0.39, 0.29) is 17.3 Å². The van der Waals surface area contributed by atoms with Gasteiger partial charge in [-0.15, -0.1) is 0 Å². The maximum Gasteiger partial charge on any atom is 0.387 e. The highest BCUT2D eigenvalue weighted by Crippen LogP contribution is 2.37. The number of sulfonamides is 1. The number of anilines is 2. The lowest BCUT2D eigenvalue weighted by Crippen LogP contribution is -2.20. The lowest BCUT2D eigenvalue weighted by molar-refractivity contribution is -0.0493. The lowest BCUT2D eigenvalue weighted by atomic mass is 10.1. The van der Waals surface area contributed by atoms with Crippen LogP contribution < -0.4 is 14.8 Å². The van der Waals surface area contributed by atoms with Crippen molar-refractivity contribution >= 4 is 39.2 Å². The second-order valence-electron chi connectivity index (χ2n) is 4.96. The van der Waals surface area contributed by atoms with Gasteiger partial charge in [0.15, 0.2) is 5.75 Å². The molecule has 0 fully saturated rings. The first-order valence-corrected chi connectivity index (χ1v) is 9.56. The molecule has 0 aliphatic rings. The number of amides is 1. The average molecular weight is 425 g/mol. The number of rotatable bonds is 8. The smallest absolute Gasteiger partial charge is 0.387 e. The van der Waals surface area contributed by atoms with E-state index in [1.54, 1.807) is 6.92 Å². The van der Waals surface area contributed by atoms with Gasteiger partial charge in [0.25, 0.3) is 5.91 Å². The molecule has 0 unspecified atom stereocenters. The molecule has 0 bridgehead atoms. The Hall–Kier alpha value is -2.54. The number of alkyl halides is 2. The second-order valence-corrected chi connectivity index (χ2v) is 7.35. The zero-order valence-corrected chi connectivity index (χ0v) is 15.7. The topological polar surface area (TPSA) is 128 Å². The van der Waals surface area contributed by atoms with E-state index in [0.29, 0.717) is 6.54 Å². The molecule has 1 aromatic carbocycles. The molecule has 0 aliphatic carbocycles. The minimum atomic E-state index is -3.88. The Morgan fingerprint density at radius 1 is 1.37 bits per heavy atom. The van der Waals surface area contributed by atoms with E-state index < -0.39 is 39.0 Å². The molecule has 10 nitrogen and oxygen atoms in total. The fraction of sp³-hybridized carbons (Fsp3) is 0.385. The highest BCUT2D eigenvalue weighted by Gasteiger charge is 2.23. The number of ether oxygens (including phenoxy) is 1. The molecule has 0 saturated heterocycles. The Balaban J connectivity index is 2.44. The minimum absolute atomic E-state index is 0.0298. The highest BCUT2D eigenvalue weighted by atomic mass is 35.5. The molecular weight excluding hydrogens is 410 g/mol. The van der Waals surface area contributed by atoms with Crippen molar-refractivity contribution < 1.29 is 26.7 Å². The van der Waals surface area contributed by atoms with Crippen LogP contribution in [0.15, 0.2) is 12.1 Å². The van der Waals surface area contributed by atoms with Crippen LogP contribution in [0.3, 0.4) is 0 Å². The van der Waals surface area contributed by atoms with Crippen LogP contribution in [0.1, 0.15) is 24.2 Å². The molecule has 0 spiro atoms. The van der Waals surface area contributed by atoms with Crippen LogP contribution in [0.5, 0.6) is 5.75 Å². The summed E-state index contributed by atoms with van der Waals surface area (Å²) in [6.07, 6.45) is 0. The first kappa shape index (κ1) is 20.8. The number of carbonyl (C=O) groups excluding carboxylic acids is 1. The summed E-state index contributed by atoms with van der Waals surface area (Å²) in [6, 6.07) is 2.11. The van der Waals surface area contributed by atoms with E-state index in [4.69, 9.17) is 11.6 Å². The molecular formula is C13H15ClF2N6O4S. The SMILES string of the molecule is CCn1nnnc1NC(=O)c1ccc(OC(F)F)c(NS(=O)(=O)CC)c1Cl. The van der Waals surface area contributed by atoms with Crippen LogP contribution in [0, 0.1) is 0 Å². The van der Waals surface area contributed by atoms with Gasteiger partial charge in [-0.2, -0.15) is 8.78 Å². The first-order valence-electron chi connectivity index (χ1n) is 7.53. The summed E-state index contributed by atoms with van der Waals surface area (Å²) in [5, 5.41) is 12.7. The van der Waals surface area contributed by atoms with Crippen molar-refractivity contribution in [1.82, 2.24) is 20.2 Å². The van der Waals surface area contributed by atoms with E-state index in [9.17, 15) is 22.0 Å². The Kier molecular flexibility index (Phi) is 6.49. The van der Waals surface area contributed by atoms with Crippen LogP contribution in [-0.4, -0.2) is 46.9 Å². The Morgan fingerprint density at radius 2 is 2.07 bits per heavy atom. The van der Waals surface area contributed by atoms with Gasteiger partial charge in [0.2, 0.25) is 16.0 Å². The van der Waals surface area contributed by atoms with E-state index >= 15 is 0 Å². The zero-order valence-electron chi connectivity index (χ0n) is 14.1. The molecule has 0 saturated carbocycles. The summed E-state index contributed by atoms with van der Waals surface area (Å²) in [4.78, 5) is 12.5. The Labute approximate surface area is 157 Å².